The third kappa shape index (κ3) is 5.72. The normalized spacial score (nSPS) is 34.3. The van der Waals surface area contributed by atoms with Gasteiger partial charge in [0, 0.05) is 48.4 Å². The van der Waals surface area contributed by atoms with Crippen LogP contribution in [0.1, 0.15) is 96.0 Å². The predicted molar refractivity (Wildman–Crippen MR) is 160 cm³/mol. The number of ether oxygens (including phenoxy) is 4. The number of carbonyl (C=O) groups is 3. The number of phenolic OH excluding ortho intramolecular Hbond substituents is 3. The third-order valence-electron chi connectivity index (χ3n) is 9.55. The minimum atomic E-state index is -2.07. The fraction of sp³-hybridized carbons (Fsp3) is 0.545. The molecule has 254 valence electrons. The Morgan fingerprint density at radius 3 is 2.43 bits per heavy atom. The van der Waals surface area contributed by atoms with Crippen molar-refractivity contribution in [3.63, 3.8) is 0 Å². The fourth-order valence-corrected chi connectivity index (χ4v) is 7.09. The zero-order chi connectivity index (χ0) is 34.1. The highest BCUT2D eigenvalue weighted by Crippen LogP contribution is 2.52. The smallest absolute Gasteiger partial charge is 0.202 e. The van der Waals surface area contributed by atoms with Crippen LogP contribution in [-0.4, -0.2) is 103 Å². The van der Waals surface area contributed by atoms with Crippen LogP contribution in [0.3, 0.4) is 0 Å². The van der Waals surface area contributed by atoms with Crippen LogP contribution in [-0.2, 0) is 30.2 Å². The maximum atomic E-state index is 13.7. The highest BCUT2D eigenvalue weighted by atomic mass is 16.7. The van der Waals surface area contributed by atoms with Gasteiger partial charge in [-0.3, -0.25) is 19.7 Å². The fourth-order valence-electron chi connectivity index (χ4n) is 7.09. The number of Topliss-reactive ketones (excluding diaryl/α,β-unsaturated/α-hetero) is 1. The number of ketones is 3. The number of aromatic hydroxyl groups is 3. The quantitative estimate of drug-likeness (QED) is 0.192. The molecule has 0 aromatic heterocycles. The average Bonchev–Trinajstić information content (AvgIpc) is 2.98. The zero-order valence-electron chi connectivity index (χ0n) is 26.3. The molecule has 0 spiro atoms. The first kappa shape index (κ1) is 33.4. The maximum absolute atomic E-state index is 13.7. The molecule has 4 aliphatic rings. The standard InChI is InChI=1S/C33H39NO13/c1-12(35)8-21-45-14(3)32(42)34-18-9-22(44-13(2)31(18)47-21)46-20-11-33(43,15(4)36)10-17-24(20)30(41)26-25(28(17)39)27(38)16-6-5-7-19(37)23(16)29(26)40/h5-7,12-14,18,20-22,31-32,34-35,37,39,41-43H,8-11H2,1-4H3. The lowest BCUT2D eigenvalue weighted by atomic mass is 9.72. The molecule has 0 radical (unpaired) electrons. The van der Waals surface area contributed by atoms with Crippen molar-refractivity contribution >= 4 is 17.3 Å². The molecule has 0 amide bonds. The Kier molecular flexibility index (Phi) is 8.68. The Balaban J connectivity index is 1.38. The number of carbonyl (C=O) groups excluding carboxylic acids is 3. The van der Waals surface area contributed by atoms with Gasteiger partial charge < -0.3 is 49.6 Å². The van der Waals surface area contributed by atoms with E-state index in [9.17, 15) is 45.0 Å². The molecule has 2 aliphatic heterocycles. The Bertz CT molecular complexity index is 1620. The van der Waals surface area contributed by atoms with Gasteiger partial charge in [-0.05, 0) is 33.8 Å². The minimum absolute atomic E-state index is 0.0703. The van der Waals surface area contributed by atoms with Gasteiger partial charge in [0.1, 0.15) is 35.2 Å². The molecule has 10 atom stereocenters. The molecular formula is C33H39NO13. The van der Waals surface area contributed by atoms with Gasteiger partial charge in [0.25, 0.3) is 0 Å². The summed E-state index contributed by atoms with van der Waals surface area (Å²) in [5.74, 6) is -4.23. The van der Waals surface area contributed by atoms with Crippen LogP contribution in [0.4, 0.5) is 0 Å². The molecule has 14 heteroatoms. The van der Waals surface area contributed by atoms with E-state index >= 15 is 0 Å². The second kappa shape index (κ2) is 12.2. The number of hydrogen-bond acceptors (Lipinski definition) is 14. The number of benzene rings is 2. The summed E-state index contributed by atoms with van der Waals surface area (Å²) in [5, 5.41) is 68.8. The van der Waals surface area contributed by atoms with Crippen molar-refractivity contribution in [3.05, 3.63) is 51.6 Å². The van der Waals surface area contributed by atoms with Crippen LogP contribution < -0.4 is 5.32 Å². The summed E-state index contributed by atoms with van der Waals surface area (Å²) in [7, 11) is 0. The second-order valence-electron chi connectivity index (χ2n) is 13.0. The van der Waals surface area contributed by atoms with E-state index in [0.29, 0.717) is 0 Å². The summed E-state index contributed by atoms with van der Waals surface area (Å²) in [6.07, 6.45) is -7.80. The Morgan fingerprint density at radius 2 is 1.74 bits per heavy atom. The van der Waals surface area contributed by atoms with Crippen molar-refractivity contribution in [3.8, 4) is 17.2 Å². The van der Waals surface area contributed by atoms with Crippen molar-refractivity contribution in [2.24, 2.45) is 0 Å². The summed E-state index contributed by atoms with van der Waals surface area (Å²) >= 11 is 0. The van der Waals surface area contributed by atoms with Crippen LogP contribution in [0.25, 0.3) is 0 Å². The van der Waals surface area contributed by atoms with Gasteiger partial charge in [0.15, 0.2) is 24.1 Å². The first-order chi connectivity index (χ1) is 22.1. The molecule has 2 aromatic rings. The van der Waals surface area contributed by atoms with Crippen LogP contribution in [0, 0.1) is 0 Å². The van der Waals surface area contributed by atoms with Crippen LogP contribution in [0.15, 0.2) is 18.2 Å². The number of hydrogen-bond donors (Lipinski definition) is 7. The summed E-state index contributed by atoms with van der Waals surface area (Å²) in [6.45, 7) is 6.11. The van der Waals surface area contributed by atoms with E-state index in [0.717, 1.165) is 0 Å². The maximum Gasteiger partial charge on any atom is 0.202 e. The number of phenols is 3. The highest BCUT2D eigenvalue weighted by molar-refractivity contribution is 6.31. The van der Waals surface area contributed by atoms with E-state index in [1.807, 2.05) is 0 Å². The van der Waals surface area contributed by atoms with E-state index in [1.165, 1.54) is 25.1 Å². The molecule has 2 heterocycles. The third-order valence-corrected chi connectivity index (χ3v) is 9.55. The number of nitrogens with one attached hydrogen (secondary N) is 1. The van der Waals surface area contributed by atoms with Crippen LogP contribution >= 0.6 is 0 Å². The Hall–Kier alpha value is -3.47. The average molecular weight is 658 g/mol. The molecule has 0 saturated carbocycles. The molecule has 2 fully saturated rings. The SMILES string of the molecule is CC(=O)C1(O)Cc2c(O)c3c(c(O)c2C(OC2CC4NC(O)C(C)OC(CC(C)O)OC4C(C)O2)C1)C(=O)c1c(O)cccc1C3=O. The Labute approximate surface area is 269 Å². The van der Waals surface area contributed by atoms with E-state index in [4.69, 9.17) is 18.9 Å². The molecule has 0 bridgehead atoms. The van der Waals surface area contributed by atoms with Gasteiger partial charge in [-0.25, -0.2) is 0 Å². The van der Waals surface area contributed by atoms with Gasteiger partial charge >= 0.3 is 0 Å². The van der Waals surface area contributed by atoms with Crippen molar-refractivity contribution < 1.29 is 64.0 Å². The lowest BCUT2D eigenvalue weighted by molar-refractivity contribution is -0.304. The molecular weight excluding hydrogens is 618 g/mol. The molecule has 14 nitrogen and oxygen atoms in total. The molecule has 2 saturated heterocycles. The zero-order valence-corrected chi connectivity index (χ0v) is 26.3. The van der Waals surface area contributed by atoms with Gasteiger partial charge in [0.05, 0.1) is 41.1 Å². The summed E-state index contributed by atoms with van der Waals surface area (Å²) in [4.78, 5) is 39.9. The van der Waals surface area contributed by atoms with Gasteiger partial charge in [-0.2, -0.15) is 0 Å². The molecule has 7 N–H and O–H groups in total. The van der Waals surface area contributed by atoms with Crippen molar-refractivity contribution in [2.75, 3.05) is 0 Å². The van der Waals surface area contributed by atoms with Crippen LogP contribution in [0.2, 0.25) is 0 Å². The first-order valence-electron chi connectivity index (χ1n) is 15.6. The van der Waals surface area contributed by atoms with E-state index < -0.39 is 113 Å². The van der Waals surface area contributed by atoms with E-state index in [-0.39, 0.29) is 41.5 Å². The topological polar surface area (TPSA) is 222 Å². The summed E-state index contributed by atoms with van der Waals surface area (Å²) < 4.78 is 24.4. The summed E-state index contributed by atoms with van der Waals surface area (Å²) in [6, 6.07) is 3.33. The highest BCUT2D eigenvalue weighted by Gasteiger charge is 2.50. The molecule has 10 unspecified atom stereocenters. The number of aliphatic hydroxyl groups is 3. The monoisotopic (exact) mass is 657 g/mol. The lowest BCUT2D eigenvalue weighted by Crippen LogP contribution is -2.62. The molecule has 2 aliphatic carbocycles. The number of aliphatic hydroxyl groups excluding tert-OH is 2. The van der Waals surface area contributed by atoms with Gasteiger partial charge in [-0.1, -0.05) is 12.1 Å². The predicted octanol–water partition coefficient (Wildman–Crippen LogP) is 1.22. The van der Waals surface area contributed by atoms with Gasteiger partial charge in [0.2, 0.25) is 5.78 Å². The first-order valence-corrected chi connectivity index (χ1v) is 15.6. The largest absolute Gasteiger partial charge is 0.507 e. The number of fused-ring (bicyclic) bond motifs is 4. The molecule has 47 heavy (non-hydrogen) atoms. The van der Waals surface area contributed by atoms with E-state index in [2.05, 4.69) is 5.32 Å². The minimum Gasteiger partial charge on any atom is -0.507 e. The van der Waals surface area contributed by atoms with Crippen molar-refractivity contribution in [2.45, 2.75) is 114 Å². The number of rotatable bonds is 5. The summed E-state index contributed by atoms with van der Waals surface area (Å²) in [5.41, 5.74) is -3.86. The van der Waals surface area contributed by atoms with E-state index in [1.54, 1.807) is 20.8 Å². The second-order valence-corrected chi connectivity index (χ2v) is 13.0. The van der Waals surface area contributed by atoms with Crippen molar-refractivity contribution in [1.29, 1.82) is 0 Å². The molecule has 6 rings (SSSR count). The van der Waals surface area contributed by atoms with Gasteiger partial charge in [-0.15, -0.1) is 0 Å². The lowest BCUT2D eigenvalue weighted by Gasteiger charge is -2.46. The molecule has 2 aromatic carbocycles. The van der Waals surface area contributed by atoms with Crippen molar-refractivity contribution in [1.82, 2.24) is 5.32 Å². The van der Waals surface area contributed by atoms with Crippen LogP contribution in [0.5, 0.6) is 17.2 Å². The Morgan fingerprint density at radius 1 is 1.04 bits per heavy atom.